The number of aryl methyl sites for hydroxylation is 1. The van der Waals surface area contributed by atoms with E-state index in [0.29, 0.717) is 36.8 Å². The van der Waals surface area contributed by atoms with E-state index in [2.05, 4.69) is 10.6 Å². The third-order valence-electron chi connectivity index (χ3n) is 6.86. The van der Waals surface area contributed by atoms with Gasteiger partial charge in [0.15, 0.2) is 5.82 Å². The molecule has 3 amide bonds. The molecule has 2 saturated heterocycles. The number of nitrogens with zero attached hydrogens (tertiary/aromatic N) is 3. The predicted octanol–water partition coefficient (Wildman–Crippen LogP) is 2.59. The quantitative estimate of drug-likeness (QED) is 0.607. The lowest BCUT2D eigenvalue weighted by atomic mass is 9.93. The smallest absolute Gasteiger partial charge is 0.407 e. The third kappa shape index (κ3) is 5.24. The number of carbonyl (C=O) groups is 3. The number of carbonyl (C=O) groups excluding carboxylic acids is 3. The summed E-state index contributed by atoms with van der Waals surface area (Å²) in [5.41, 5.74) is -0.129. The van der Waals surface area contributed by atoms with Crippen molar-refractivity contribution < 1.29 is 23.5 Å². The van der Waals surface area contributed by atoms with E-state index in [9.17, 15) is 19.2 Å². The van der Waals surface area contributed by atoms with Crippen LogP contribution in [0.15, 0.2) is 16.9 Å². The molecule has 11 heteroatoms. The average Bonchev–Trinajstić information content (AvgIpc) is 3.04. The number of amides is 3. The normalized spacial score (nSPS) is 19.5. The first kappa shape index (κ1) is 25.7. The molecular formula is C25H34FN5O5. The zero-order valence-electron chi connectivity index (χ0n) is 21.2. The topological polar surface area (TPSA) is 115 Å². The molecule has 10 nitrogen and oxygen atoms in total. The second kappa shape index (κ2) is 9.94. The summed E-state index contributed by atoms with van der Waals surface area (Å²) in [5.74, 6) is -1.01. The van der Waals surface area contributed by atoms with Gasteiger partial charge in [0.25, 0.3) is 0 Å². The largest absolute Gasteiger partial charge is 0.444 e. The number of anilines is 1. The molecule has 2 N–H and O–H groups in total. The van der Waals surface area contributed by atoms with Crippen LogP contribution >= 0.6 is 0 Å². The molecule has 2 aromatic rings. The molecular weight excluding hydrogens is 469 g/mol. The molecule has 1 aromatic carbocycles. The molecule has 3 heterocycles. The Bertz CT molecular complexity index is 1240. The highest BCUT2D eigenvalue weighted by molar-refractivity contribution is 6.00. The Morgan fingerprint density at radius 2 is 1.86 bits per heavy atom. The van der Waals surface area contributed by atoms with Crippen molar-refractivity contribution in [2.75, 3.05) is 24.5 Å². The molecule has 2 fully saturated rings. The maximum absolute atomic E-state index is 15.7. The minimum atomic E-state index is -0.853. The van der Waals surface area contributed by atoms with Crippen LogP contribution in [0.4, 0.5) is 14.9 Å². The first-order chi connectivity index (χ1) is 17.0. The monoisotopic (exact) mass is 503 g/mol. The molecule has 2 aliphatic rings. The molecule has 1 atom stereocenters. The van der Waals surface area contributed by atoms with E-state index in [1.165, 1.54) is 16.2 Å². The number of hydrogen-bond donors (Lipinski definition) is 2. The van der Waals surface area contributed by atoms with Gasteiger partial charge in [0.1, 0.15) is 17.2 Å². The number of imide groups is 1. The molecule has 0 radical (unpaired) electrons. The SMILES string of the molecule is Cn1c(=O)n(C2CCC(=O)NC2=O)c2ccc(N3CCC(CCNC(=O)OC(C)(C)C)CC3)c(F)c21. The van der Waals surface area contributed by atoms with Crippen LogP contribution in [0.5, 0.6) is 0 Å². The summed E-state index contributed by atoms with van der Waals surface area (Å²) in [5, 5.41) is 5.05. The molecule has 0 bridgehead atoms. The van der Waals surface area contributed by atoms with E-state index in [0.717, 1.165) is 19.3 Å². The van der Waals surface area contributed by atoms with Crippen molar-refractivity contribution in [1.82, 2.24) is 19.8 Å². The Morgan fingerprint density at radius 3 is 2.50 bits per heavy atom. The summed E-state index contributed by atoms with van der Waals surface area (Å²) in [6.45, 7) is 7.29. The molecule has 196 valence electrons. The second-order valence-corrected chi connectivity index (χ2v) is 10.6. The summed E-state index contributed by atoms with van der Waals surface area (Å²) in [6, 6.07) is 2.48. The van der Waals surface area contributed by atoms with Crippen LogP contribution in [-0.4, -0.2) is 52.3 Å². The number of ether oxygens (including phenoxy) is 1. The molecule has 36 heavy (non-hydrogen) atoms. The number of hydrogen-bond acceptors (Lipinski definition) is 6. The highest BCUT2D eigenvalue weighted by atomic mass is 19.1. The van der Waals surface area contributed by atoms with E-state index in [1.54, 1.807) is 12.1 Å². The minimum Gasteiger partial charge on any atom is -0.444 e. The van der Waals surface area contributed by atoms with Crippen molar-refractivity contribution >= 4 is 34.6 Å². The lowest BCUT2D eigenvalue weighted by molar-refractivity contribution is -0.135. The molecule has 0 aliphatic carbocycles. The summed E-state index contributed by atoms with van der Waals surface area (Å²) < 4.78 is 23.5. The van der Waals surface area contributed by atoms with Crippen LogP contribution in [0.25, 0.3) is 11.0 Å². The van der Waals surface area contributed by atoms with Crippen molar-refractivity contribution in [3.05, 3.63) is 28.4 Å². The van der Waals surface area contributed by atoms with E-state index in [4.69, 9.17) is 4.74 Å². The Balaban J connectivity index is 1.44. The van der Waals surface area contributed by atoms with Crippen LogP contribution < -0.4 is 21.2 Å². The van der Waals surface area contributed by atoms with Gasteiger partial charge in [-0.2, -0.15) is 0 Å². The minimum absolute atomic E-state index is 0.127. The van der Waals surface area contributed by atoms with Gasteiger partial charge >= 0.3 is 11.8 Å². The number of alkyl carbamates (subject to hydrolysis) is 1. The van der Waals surface area contributed by atoms with Gasteiger partial charge in [-0.25, -0.2) is 14.0 Å². The number of fused-ring (bicyclic) bond motifs is 1. The number of nitrogens with one attached hydrogen (secondary N) is 2. The average molecular weight is 504 g/mol. The maximum atomic E-state index is 15.7. The highest BCUT2D eigenvalue weighted by Gasteiger charge is 2.32. The van der Waals surface area contributed by atoms with Gasteiger partial charge in [0.05, 0.1) is 11.2 Å². The third-order valence-corrected chi connectivity index (χ3v) is 6.86. The van der Waals surface area contributed by atoms with Crippen molar-refractivity contribution in [3.63, 3.8) is 0 Å². The van der Waals surface area contributed by atoms with Crippen molar-refractivity contribution in [2.45, 2.75) is 64.5 Å². The number of benzene rings is 1. The number of rotatable bonds is 5. The predicted molar refractivity (Wildman–Crippen MR) is 132 cm³/mol. The molecule has 1 unspecified atom stereocenters. The van der Waals surface area contributed by atoms with Gasteiger partial charge in [-0.05, 0) is 64.5 Å². The van der Waals surface area contributed by atoms with Gasteiger partial charge in [-0.15, -0.1) is 0 Å². The summed E-state index contributed by atoms with van der Waals surface area (Å²) in [4.78, 5) is 50.7. The fourth-order valence-electron chi connectivity index (χ4n) is 5.05. The first-order valence-corrected chi connectivity index (χ1v) is 12.4. The van der Waals surface area contributed by atoms with E-state index in [-0.39, 0.29) is 24.3 Å². The number of imidazole rings is 1. The fourth-order valence-corrected chi connectivity index (χ4v) is 5.05. The Hall–Kier alpha value is -3.37. The maximum Gasteiger partial charge on any atom is 0.407 e. The Labute approximate surface area is 208 Å². The lowest BCUT2D eigenvalue weighted by Crippen LogP contribution is -2.44. The van der Waals surface area contributed by atoms with Gasteiger partial charge in [-0.1, -0.05) is 0 Å². The number of aromatic nitrogens is 2. The van der Waals surface area contributed by atoms with Gasteiger partial charge < -0.3 is 15.0 Å². The molecule has 4 rings (SSSR count). The van der Waals surface area contributed by atoms with E-state index < -0.39 is 35.2 Å². The van der Waals surface area contributed by atoms with Crippen LogP contribution in [0.1, 0.15) is 58.9 Å². The molecule has 2 aliphatic heterocycles. The Kier molecular flexibility index (Phi) is 7.10. The van der Waals surface area contributed by atoms with Crippen molar-refractivity contribution in [3.8, 4) is 0 Å². The second-order valence-electron chi connectivity index (χ2n) is 10.6. The van der Waals surface area contributed by atoms with Gasteiger partial charge in [0.2, 0.25) is 11.8 Å². The summed E-state index contributed by atoms with van der Waals surface area (Å²) in [7, 11) is 1.49. The molecule has 0 saturated carbocycles. The molecule has 1 aromatic heterocycles. The zero-order valence-corrected chi connectivity index (χ0v) is 21.2. The number of piperidine rings is 2. The molecule has 0 spiro atoms. The fraction of sp³-hybridized carbons (Fsp3) is 0.600. The summed E-state index contributed by atoms with van der Waals surface area (Å²) >= 11 is 0. The van der Waals surface area contributed by atoms with Crippen LogP contribution in [0.3, 0.4) is 0 Å². The van der Waals surface area contributed by atoms with Gasteiger partial charge in [-0.3, -0.25) is 24.0 Å². The van der Waals surface area contributed by atoms with Crippen LogP contribution in [0, 0.1) is 11.7 Å². The van der Waals surface area contributed by atoms with Crippen molar-refractivity contribution in [2.24, 2.45) is 13.0 Å². The van der Waals surface area contributed by atoms with Crippen LogP contribution in [-0.2, 0) is 21.4 Å². The van der Waals surface area contributed by atoms with E-state index in [1.807, 2.05) is 25.7 Å². The summed E-state index contributed by atoms with van der Waals surface area (Å²) in [6.07, 6.45) is 2.42. The number of halogens is 1. The Morgan fingerprint density at radius 1 is 1.17 bits per heavy atom. The van der Waals surface area contributed by atoms with Gasteiger partial charge in [0, 0.05) is 33.1 Å². The van der Waals surface area contributed by atoms with E-state index >= 15 is 4.39 Å². The standard InChI is InChI=1S/C25H34FN5O5/c1-25(2,3)36-23(34)27-12-9-15-10-13-30(14-11-15)16-5-6-17-21(20(16)26)29(4)24(35)31(17)18-7-8-19(32)28-22(18)33/h5-6,15,18H,7-14H2,1-4H3,(H,27,34)(H,28,32,33). The first-order valence-electron chi connectivity index (χ1n) is 12.4. The lowest BCUT2D eigenvalue weighted by Gasteiger charge is -2.34. The van der Waals surface area contributed by atoms with Crippen molar-refractivity contribution in [1.29, 1.82) is 0 Å². The zero-order chi connectivity index (χ0) is 26.2. The highest BCUT2D eigenvalue weighted by Crippen LogP contribution is 2.32. The van der Waals surface area contributed by atoms with Crippen LogP contribution in [0.2, 0.25) is 0 Å².